The van der Waals surface area contributed by atoms with Crippen LogP contribution in [-0.4, -0.2) is 26.1 Å². The Balaban J connectivity index is 2.22. The lowest BCUT2D eigenvalue weighted by Gasteiger charge is -2.23. The first-order chi connectivity index (χ1) is 8.72. The second-order valence-corrected chi connectivity index (χ2v) is 5.04. The lowest BCUT2D eigenvalue weighted by molar-refractivity contribution is -0.136. The molecule has 1 saturated carbocycles. The van der Waals surface area contributed by atoms with Gasteiger partial charge in [-0.25, -0.2) is 4.68 Å². The highest BCUT2D eigenvalue weighted by Crippen LogP contribution is 2.29. The van der Waals surface area contributed by atoms with E-state index in [1.165, 1.54) is 19.3 Å². The molecule has 0 atom stereocenters. The van der Waals surface area contributed by atoms with E-state index in [0.29, 0.717) is 11.7 Å². The molecule has 1 aromatic heterocycles. The maximum atomic E-state index is 10.8. The van der Waals surface area contributed by atoms with Gasteiger partial charge in [-0.3, -0.25) is 4.79 Å². The summed E-state index contributed by atoms with van der Waals surface area (Å²) in [6.45, 7) is 2.10. The molecule has 5 heteroatoms. The maximum Gasteiger partial charge on any atom is 0.309 e. The summed E-state index contributed by atoms with van der Waals surface area (Å²) in [6.07, 6.45) is 7.92. The van der Waals surface area contributed by atoms with Crippen molar-refractivity contribution in [2.75, 3.05) is 0 Å². The zero-order valence-corrected chi connectivity index (χ0v) is 10.9. The van der Waals surface area contributed by atoms with Gasteiger partial charge in [-0.1, -0.05) is 37.8 Å². The number of rotatable bonds is 5. The lowest BCUT2D eigenvalue weighted by Crippen LogP contribution is -2.17. The van der Waals surface area contributed by atoms with E-state index in [2.05, 4.69) is 17.2 Å². The second-order valence-electron chi connectivity index (χ2n) is 5.04. The first kappa shape index (κ1) is 13.1. The Kier molecular flexibility index (Phi) is 4.33. The first-order valence-corrected chi connectivity index (χ1v) is 6.87. The molecule has 1 aliphatic rings. The number of carbonyl (C=O) groups is 1. The molecule has 1 aromatic rings. The summed E-state index contributed by atoms with van der Waals surface area (Å²) >= 11 is 0. The van der Waals surface area contributed by atoms with Crippen molar-refractivity contribution in [2.24, 2.45) is 0 Å². The van der Waals surface area contributed by atoms with E-state index in [-0.39, 0.29) is 6.42 Å². The summed E-state index contributed by atoms with van der Waals surface area (Å²) < 4.78 is 2.00. The molecule has 1 aliphatic carbocycles. The van der Waals surface area contributed by atoms with Gasteiger partial charge in [0.1, 0.15) is 0 Å². The normalized spacial score (nSPS) is 16.9. The van der Waals surface area contributed by atoms with Gasteiger partial charge in [0.05, 0.1) is 23.9 Å². The van der Waals surface area contributed by atoms with E-state index in [1.807, 2.05) is 4.68 Å². The van der Waals surface area contributed by atoms with E-state index in [9.17, 15) is 4.79 Å². The molecular formula is C13H21N3O2. The van der Waals surface area contributed by atoms with E-state index >= 15 is 0 Å². The fourth-order valence-electron chi connectivity index (χ4n) is 2.74. The van der Waals surface area contributed by atoms with Crippen LogP contribution in [-0.2, 0) is 17.6 Å². The van der Waals surface area contributed by atoms with Crippen LogP contribution >= 0.6 is 0 Å². The molecule has 100 valence electrons. The summed E-state index contributed by atoms with van der Waals surface area (Å²) in [4.78, 5) is 10.8. The number of hydrogen-bond acceptors (Lipinski definition) is 3. The molecule has 2 rings (SSSR count). The van der Waals surface area contributed by atoms with Crippen LogP contribution in [0.5, 0.6) is 0 Å². The van der Waals surface area contributed by atoms with Gasteiger partial charge in [-0.2, -0.15) is 0 Å². The standard InChI is InChI=1S/C13H21N3O2/c1-2-6-12-11(9-13(17)18)14-15-16(12)10-7-4-3-5-8-10/h10H,2-9H2,1H3,(H,17,18). The topological polar surface area (TPSA) is 68.0 Å². The Morgan fingerprint density at radius 2 is 2.11 bits per heavy atom. The van der Waals surface area contributed by atoms with Gasteiger partial charge in [-0.15, -0.1) is 5.10 Å². The van der Waals surface area contributed by atoms with Crippen molar-refractivity contribution in [3.63, 3.8) is 0 Å². The molecule has 0 bridgehead atoms. The minimum absolute atomic E-state index is 0.0119. The molecule has 0 aliphatic heterocycles. The molecule has 0 amide bonds. The van der Waals surface area contributed by atoms with Crippen LogP contribution < -0.4 is 0 Å². The highest BCUT2D eigenvalue weighted by molar-refractivity contribution is 5.69. The maximum absolute atomic E-state index is 10.8. The molecule has 0 spiro atoms. The molecule has 0 unspecified atom stereocenters. The Bertz CT molecular complexity index is 408. The van der Waals surface area contributed by atoms with Crippen LogP contribution in [0.2, 0.25) is 0 Å². The average Bonchev–Trinajstić information content (AvgIpc) is 2.73. The van der Waals surface area contributed by atoms with Crippen molar-refractivity contribution in [1.29, 1.82) is 0 Å². The Labute approximate surface area is 107 Å². The zero-order valence-electron chi connectivity index (χ0n) is 10.9. The molecule has 1 fully saturated rings. The number of aromatic nitrogens is 3. The quantitative estimate of drug-likeness (QED) is 0.872. The third-order valence-electron chi connectivity index (χ3n) is 3.60. The zero-order chi connectivity index (χ0) is 13.0. The smallest absolute Gasteiger partial charge is 0.309 e. The van der Waals surface area contributed by atoms with E-state index in [0.717, 1.165) is 31.4 Å². The number of carboxylic acid groups (broad SMARTS) is 1. The predicted molar refractivity (Wildman–Crippen MR) is 67.5 cm³/mol. The lowest BCUT2D eigenvalue weighted by atomic mass is 9.95. The first-order valence-electron chi connectivity index (χ1n) is 6.87. The van der Waals surface area contributed by atoms with Gasteiger partial charge in [-0.05, 0) is 19.3 Å². The third-order valence-corrected chi connectivity index (χ3v) is 3.60. The third kappa shape index (κ3) is 2.89. The highest BCUT2D eigenvalue weighted by Gasteiger charge is 2.22. The minimum Gasteiger partial charge on any atom is -0.481 e. The molecule has 18 heavy (non-hydrogen) atoms. The van der Waals surface area contributed by atoms with Gasteiger partial charge >= 0.3 is 5.97 Å². The van der Waals surface area contributed by atoms with E-state index in [4.69, 9.17) is 5.11 Å². The highest BCUT2D eigenvalue weighted by atomic mass is 16.4. The molecular weight excluding hydrogens is 230 g/mol. The molecule has 5 nitrogen and oxygen atoms in total. The van der Waals surface area contributed by atoms with Crippen LogP contribution in [0.15, 0.2) is 0 Å². The summed E-state index contributed by atoms with van der Waals surface area (Å²) in [6, 6.07) is 0.426. The summed E-state index contributed by atoms with van der Waals surface area (Å²) in [7, 11) is 0. The Hall–Kier alpha value is -1.39. The summed E-state index contributed by atoms with van der Waals surface area (Å²) in [5.74, 6) is -0.831. The number of aliphatic carboxylic acids is 1. The van der Waals surface area contributed by atoms with Crippen molar-refractivity contribution in [3.05, 3.63) is 11.4 Å². The Morgan fingerprint density at radius 1 is 1.39 bits per heavy atom. The number of carboxylic acids is 1. The van der Waals surface area contributed by atoms with Gasteiger partial charge in [0.2, 0.25) is 0 Å². The van der Waals surface area contributed by atoms with E-state index < -0.39 is 5.97 Å². The van der Waals surface area contributed by atoms with Crippen LogP contribution in [0.25, 0.3) is 0 Å². The molecule has 1 N–H and O–H groups in total. The predicted octanol–water partition coefficient (Wildman–Crippen LogP) is 2.36. The Morgan fingerprint density at radius 3 is 2.72 bits per heavy atom. The molecule has 0 aromatic carbocycles. The second kappa shape index (κ2) is 5.98. The van der Waals surface area contributed by atoms with Crippen LogP contribution in [0, 0.1) is 0 Å². The van der Waals surface area contributed by atoms with Gasteiger partial charge < -0.3 is 5.11 Å². The van der Waals surface area contributed by atoms with Crippen molar-refractivity contribution >= 4 is 5.97 Å². The average molecular weight is 251 g/mol. The van der Waals surface area contributed by atoms with Gasteiger partial charge in [0.25, 0.3) is 0 Å². The van der Waals surface area contributed by atoms with Crippen molar-refractivity contribution in [2.45, 2.75) is 64.3 Å². The minimum atomic E-state index is -0.831. The van der Waals surface area contributed by atoms with Crippen molar-refractivity contribution < 1.29 is 9.90 Å². The summed E-state index contributed by atoms with van der Waals surface area (Å²) in [5, 5.41) is 17.2. The van der Waals surface area contributed by atoms with Crippen LogP contribution in [0.1, 0.15) is 62.9 Å². The fourth-order valence-corrected chi connectivity index (χ4v) is 2.74. The van der Waals surface area contributed by atoms with Crippen LogP contribution in [0.3, 0.4) is 0 Å². The molecule has 0 saturated heterocycles. The van der Waals surface area contributed by atoms with Gasteiger partial charge in [0, 0.05) is 0 Å². The van der Waals surface area contributed by atoms with Gasteiger partial charge in [0.15, 0.2) is 0 Å². The number of nitrogens with zero attached hydrogens (tertiary/aromatic N) is 3. The monoisotopic (exact) mass is 251 g/mol. The van der Waals surface area contributed by atoms with E-state index in [1.54, 1.807) is 0 Å². The largest absolute Gasteiger partial charge is 0.481 e. The van der Waals surface area contributed by atoms with Crippen LogP contribution in [0.4, 0.5) is 0 Å². The van der Waals surface area contributed by atoms with Crippen molar-refractivity contribution in [3.8, 4) is 0 Å². The molecule has 1 heterocycles. The molecule has 0 radical (unpaired) electrons. The SMILES string of the molecule is CCCc1c(CC(=O)O)nnn1C1CCCCC1. The summed E-state index contributed by atoms with van der Waals surface area (Å²) in [5.41, 5.74) is 1.68. The fraction of sp³-hybridized carbons (Fsp3) is 0.769. The van der Waals surface area contributed by atoms with Crippen molar-refractivity contribution in [1.82, 2.24) is 15.0 Å². The number of hydrogen-bond donors (Lipinski definition) is 1.